The lowest BCUT2D eigenvalue weighted by atomic mass is 10.00. The van der Waals surface area contributed by atoms with Crippen molar-refractivity contribution < 1.29 is 19.4 Å². The molecule has 1 unspecified atom stereocenters. The molecular weight excluding hydrogens is 184 g/mol. The largest absolute Gasteiger partial charge is 0.391 e. The molecule has 1 atom stereocenters. The number of ether oxygens (including phenoxy) is 1. The fourth-order valence-electron chi connectivity index (χ4n) is 1.17. The Balaban J connectivity index is 3.97. The van der Waals surface area contributed by atoms with Crippen molar-refractivity contribution in [2.75, 3.05) is 6.61 Å². The Bertz CT molecular complexity index is 189. The van der Waals surface area contributed by atoms with E-state index in [1.54, 1.807) is 0 Å². The van der Waals surface area contributed by atoms with E-state index >= 15 is 0 Å². The molecule has 0 aromatic heterocycles. The van der Waals surface area contributed by atoms with Gasteiger partial charge in [-0.1, -0.05) is 26.7 Å². The van der Waals surface area contributed by atoms with E-state index in [1.165, 1.54) is 0 Å². The van der Waals surface area contributed by atoms with Crippen molar-refractivity contribution in [3.05, 3.63) is 0 Å². The summed E-state index contributed by atoms with van der Waals surface area (Å²) < 4.78 is 4.42. The van der Waals surface area contributed by atoms with Gasteiger partial charge in [0.25, 0.3) is 0 Å². The number of rotatable bonds is 6. The third kappa shape index (κ3) is 4.97. The second-order valence-electron chi connectivity index (χ2n) is 3.20. The first-order chi connectivity index (χ1) is 6.65. The number of hydrogen-bond acceptors (Lipinski definition) is 4. The van der Waals surface area contributed by atoms with Crippen molar-refractivity contribution in [3.63, 3.8) is 0 Å². The van der Waals surface area contributed by atoms with Crippen LogP contribution in [-0.4, -0.2) is 23.7 Å². The lowest BCUT2D eigenvalue weighted by molar-refractivity contribution is -0.164. The molecule has 14 heavy (non-hydrogen) atoms. The maximum absolute atomic E-state index is 11.3. The summed E-state index contributed by atoms with van der Waals surface area (Å²) in [4.78, 5) is 21.9. The zero-order chi connectivity index (χ0) is 11.0. The monoisotopic (exact) mass is 202 g/mol. The van der Waals surface area contributed by atoms with Gasteiger partial charge in [-0.15, -0.1) is 0 Å². The number of carbonyl (C=O) groups excluding carboxylic acids is 2. The van der Waals surface area contributed by atoms with Gasteiger partial charge in [-0.05, 0) is 12.8 Å². The molecule has 0 aliphatic heterocycles. The molecule has 1 N–H and O–H groups in total. The lowest BCUT2D eigenvalue weighted by Gasteiger charge is -2.11. The Labute approximate surface area is 84.3 Å². The summed E-state index contributed by atoms with van der Waals surface area (Å²) >= 11 is 0. The van der Waals surface area contributed by atoms with Crippen LogP contribution < -0.4 is 0 Å². The van der Waals surface area contributed by atoms with Crippen LogP contribution >= 0.6 is 0 Å². The molecule has 0 radical (unpaired) electrons. The van der Waals surface area contributed by atoms with Crippen LogP contribution in [0.2, 0.25) is 0 Å². The summed E-state index contributed by atoms with van der Waals surface area (Å²) in [5.74, 6) is -1.60. The van der Waals surface area contributed by atoms with Crippen molar-refractivity contribution >= 4 is 11.9 Å². The van der Waals surface area contributed by atoms with Crippen LogP contribution in [0.5, 0.6) is 0 Å². The topological polar surface area (TPSA) is 63.6 Å². The zero-order valence-corrected chi connectivity index (χ0v) is 8.78. The molecule has 82 valence electrons. The van der Waals surface area contributed by atoms with Crippen molar-refractivity contribution in [2.24, 2.45) is 5.92 Å². The fraction of sp³-hybridized carbons (Fsp3) is 0.800. The summed E-state index contributed by atoms with van der Waals surface area (Å²) in [5.41, 5.74) is 0. The molecule has 0 bridgehead atoms. The van der Waals surface area contributed by atoms with Gasteiger partial charge in [0, 0.05) is 0 Å². The summed E-state index contributed by atoms with van der Waals surface area (Å²) in [7, 11) is 0. The number of unbranched alkanes of at least 4 members (excludes halogenated alkanes) is 1. The minimum absolute atomic E-state index is 0.217. The molecule has 0 heterocycles. The molecule has 0 aliphatic rings. The zero-order valence-electron chi connectivity index (χ0n) is 8.78. The molecule has 0 saturated heterocycles. The Morgan fingerprint density at radius 2 is 2.00 bits per heavy atom. The number of hydrogen-bond donors (Lipinski definition) is 1. The van der Waals surface area contributed by atoms with Gasteiger partial charge in [-0.3, -0.25) is 4.79 Å². The molecule has 0 fully saturated rings. The van der Waals surface area contributed by atoms with Crippen LogP contribution in [0.4, 0.5) is 0 Å². The van der Waals surface area contributed by atoms with Crippen LogP contribution in [0.3, 0.4) is 0 Å². The molecule has 0 saturated carbocycles. The second-order valence-corrected chi connectivity index (χ2v) is 3.20. The Kier molecular flexibility index (Phi) is 7.02. The predicted octanol–water partition coefficient (Wildman–Crippen LogP) is 1.26. The van der Waals surface area contributed by atoms with E-state index in [9.17, 15) is 9.59 Å². The third-order valence-electron chi connectivity index (χ3n) is 2.08. The van der Waals surface area contributed by atoms with E-state index in [0.29, 0.717) is 6.42 Å². The van der Waals surface area contributed by atoms with Crippen molar-refractivity contribution in [1.82, 2.24) is 0 Å². The van der Waals surface area contributed by atoms with Gasteiger partial charge in [-0.2, -0.15) is 0 Å². The first-order valence-corrected chi connectivity index (χ1v) is 5.01. The van der Waals surface area contributed by atoms with E-state index in [-0.39, 0.29) is 5.92 Å². The Morgan fingerprint density at radius 1 is 1.36 bits per heavy atom. The smallest absolute Gasteiger partial charge is 0.339 e. The predicted molar refractivity (Wildman–Crippen MR) is 51.5 cm³/mol. The molecule has 4 nitrogen and oxygen atoms in total. The molecule has 4 heteroatoms. The Morgan fingerprint density at radius 3 is 2.43 bits per heavy atom. The van der Waals surface area contributed by atoms with E-state index in [1.807, 2.05) is 13.8 Å². The number of esters is 2. The van der Waals surface area contributed by atoms with Crippen LogP contribution in [0.25, 0.3) is 0 Å². The highest BCUT2D eigenvalue weighted by atomic mass is 16.6. The number of aliphatic hydroxyl groups is 1. The highest BCUT2D eigenvalue weighted by molar-refractivity contribution is 5.87. The van der Waals surface area contributed by atoms with Crippen molar-refractivity contribution in [2.45, 2.75) is 39.5 Å². The van der Waals surface area contributed by atoms with Crippen LogP contribution in [0.15, 0.2) is 0 Å². The van der Waals surface area contributed by atoms with Gasteiger partial charge < -0.3 is 9.84 Å². The SMILES string of the molecule is CCCCC(CC)C(=O)OC(=O)CO. The van der Waals surface area contributed by atoms with Gasteiger partial charge in [0.1, 0.15) is 6.61 Å². The normalized spacial score (nSPS) is 12.2. The standard InChI is InChI=1S/C10H18O4/c1-3-5-6-8(4-2)10(13)14-9(12)7-11/h8,11H,3-7H2,1-2H3. The lowest BCUT2D eigenvalue weighted by Crippen LogP contribution is -2.22. The number of carbonyl (C=O) groups is 2. The minimum Gasteiger partial charge on any atom is -0.391 e. The van der Waals surface area contributed by atoms with E-state index in [0.717, 1.165) is 19.3 Å². The average molecular weight is 202 g/mol. The first kappa shape index (κ1) is 13.1. The second kappa shape index (κ2) is 7.50. The van der Waals surface area contributed by atoms with E-state index in [4.69, 9.17) is 5.11 Å². The number of aliphatic hydroxyl groups excluding tert-OH is 1. The van der Waals surface area contributed by atoms with Gasteiger partial charge in [0.15, 0.2) is 0 Å². The maximum Gasteiger partial charge on any atom is 0.339 e. The molecule has 0 spiro atoms. The summed E-state index contributed by atoms with van der Waals surface area (Å²) in [6.07, 6.45) is 3.36. The van der Waals surface area contributed by atoms with Crippen molar-refractivity contribution in [3.8, 4) is 0 Å². The van der Waals surface area contributed by atoms with Gasteiger partial charge in [0.05, 0.1) is 5.92 Å². The average Bonchev–Trinajstić information content (AvgIpc) is 2.18. The minimum atomic E-state index is -0.870. The Hall–Kier alpha value is -0.900. The fourth-order valence-corrected chi connectivity index (χ4v) is 1.17. The van der Waals surface area contributed by atoms with Crippen LogP contribution in [-0.2, 0) is 14.3 Å². The molecule has 0 rings (SSSR count). The highest BCUT2D eigenvalue weighted by Crippen LogP contribution is 2.14. The van der Waals surface area contributed by atoms with Gasteiger partial charge in [0.2, 0.25) is 0 Å². The molecule has 0 aliphatic carbocycles. The molecule has 0 amide bonds. The maximum atomic E-state index is 11.3. The van der Waals surface area contributed by atoms with Crippen LogP contribution in [0.1, 0.15) is 39.5 Å². The van der Waals surface area contributed by atoms with Crippen molar-refractivity contribution in [1.29, 1.82) is 0 Å². The van der Waals surface area contributed by atoms with Gasteiger partial charge >= 0.3 is 11.9 Å². The van der Waals surface area contributed by atoms with Crippen LogP contribution in [0, 0.1) is 5.92 Å². The summed E-state index contributed by atoms with van der Waals surface area (Å²) in [6, 6.07) is 0. The molecule has 0 aromatic rings. The quantitative estimate of drug-likeness (QED) is 0.520. The van der Waals surface area contributed by atoms with Gasteiger partial charge in [-0.25, -0.2) is 4.79 Å². The van der Waals surface area contributed by atoms with E-state index < -0.39 is 18.5 Å². The summed E-state index contributed by atoms with van der Waals surface area (Å²) in [6.45, 7) is 3.18. The molecular formula is C10H18O4. The molecule has 0 aromatic carbocycles. The van der Waals surface area contributed by atoms with E-state index in [2.05, 4.69) is 4.74 Å². The highest BCUT2D eigenvalue weighted by Gasteiger charge is 2.19. The summed E-state index contributed by atoms with van der Waals surface area (Å²) in [5, 5.41) is 8.39. The third-order valence-corrected chi connectivity index (χ3v) is 2.08. The first-order valence-electron chi connectivity index (χ1n) is 5.01.